The first-order valence-corrected chi connectivity index (χ1v) is 10.8. The molecule has 0 aliphatic heterocycles. The summed E-state index contributed by atoms with van der Waals surface area (Å²) in [5.74, 6) is -0.719. The minimum absolute atomic E-state index is 0.0385. The van der Waals surface area contributed by atoms with Gasteiger partial charge in [0.2, 0.25) is 0 Å². The molecule has 0 saturated carbocycles. The molecule has 0 atom stereocenters. The largest absolute Gasteiger partial charge is 0.464 e. The Morgan fingerprint density at radius 1 is 0.567 bits per heavy atom. The van der Waals surface area contributed by atoms with Crippen LogP contribution in [0.25, 0.3) is 0 Å². The zero-order valence-electron chi connectivity index (χ0n) is 20.5. The summed E-state index contributed by atoms with van der Waals surface area (Å²) in [6, 6.07) is 0. The summed E-state index contributed by atoms with van der Waals surface area (Å²) >= 11 is 0. The van der Waals surface area contributed by atoms with Crippen LogP contribution in [0.3, 0.4) is 0 Å². The first-order valence-electron chi connectivity index (χ1n) is 10.8. The van der Waals surface area contributed by atoms with Crippen LogP contribution in [-0.2, 0) is 19.1 Å². The first kappa shape index (κ1) is 24.2. The Morgan fingerprint density at radius 3 is 1.03 bits per heavy atom. The summed E-state index contributed by atoms with van der Waals surface area (Å²) < 4.78 is 11.1. The highest BCUT2D eigenvalue weighted by Gasteiger charge is 2.38. The molecule has 4 nitrogen and oxygen atoms in total. The highest BCUT2D eigenvalue weighted by atomic mass is 16.5. The minimum atomic E-state index is -0.359. The van der Waals surface area contributed by atoms with Gasteiger partial charge in [0.25, 0.3) is 0 Å². The lowest BCUT2D eigenvalue weighted by molar-refractivity contribution is -0.152. The molecule has 0 fully saturated rings. The van der Waals surface area contributed by atoms with Gasteiger partial charge in [-0.15, -0.1) is 0 Å². The second-order valence-electron chi connectivity index (χ2n) is 9.49. The molecule has 0 N–H and O–H groups in total. The molecule has 2 aliphatic carbocycles. The fraction of sp³-hybridized carbons (Fsp3) is 0.615. The molecule has 0 unspecified atom stereocenters. The predicted octanol–water partition coefficient (Wildman–Crippen LogP) is 6.24. The number of hydrogen-bond donors (Lipinski definition) is 0. The fourth-order valence-electron chi connectivity index (χ4n) is 4.57. The first-order chi connectivity index (χ1) is 13.8. The summed E-state index contributed by atoms with van der Waals surface area (Å²) in [7, 11) is 0. The third kappa shape index (κ3) is 4.06. The lowest BCUT2D eigenvalue weighted by Gasteiger charge is -2.29. The zero-order valence-corrected chi connectivity index (χ0v) is 20.5. The van der Waals surface area contributed by atoms with Crippen molar-refractivity contribution in [3.63, 3.8) is 0 Å². The molecule has 166 valence electrons. The summed E-state index contributed by atoms with van der Waals surface area (Å²) in [6.45, 7) is 21.7. The van der Waals surface area contributed by atoms with Crippen molar-refractivity contribution in [2.24, 2.45) is 10.8 Å². The normalized spacial score (nSPS) is 20.5. The van der Waals surface area contributed by atoms with Crippen molar-refractivity contribution in [1.29, 1.82) is 0 Å². The van der Waals surface area contributed by atoms with E-state index in [2.05, 4.69) is 69.2 Å². The van der Waals surface area contributed by atoms with Gasteiger partial charge in [-0.05, 0) is 91.5 Å². The van der Waals surface area contributed by atoms with Crippen LogP contribution in [0, 0.1) is 10.8 Å². The van der Waals surface area contributed by atoms with Crippen molar-refractivity contribution >= 4 is 11.9 Å². The highest BCUT2D eigenvalue weighted by Crippen LogP contribution is 2.47. The van der Waals surface area contributed by atoms with Crippen LogP contribution >= 0.6 is 0 Å². The molecule has 0 spiro atoms. The van der Waals surface area contributed by atoms with E-state index in [1.54, 1.807) is 0 Å². The third-order valence-electron chi connectivity index (χ3n) is 8.26. The number of ether oxygens (including phenoxy) is 2. The van der Waals surface area contributed by atoms with Crippen molar-refractivity contribution in [3.8, 4) is 0 Å². The van der Waals surface area contributed by atoms with E-state index in [1.165, 1.54) is 44.6 Å². The van der Waals surface area contributed by atoms with E-state index in [4.69, 9.17) is 9.47 Å². The quantitative estimate of drug-likeness (QED) is 0.463. The molecule has 0 radical (unpaired) electrons. The number of carbonyl (C=O) groups is 2. The van der Waals surface area contributed by atoms with Crippen LogP contribution in [-0.4, -0.2) is 25.2 Å². The van der Waals surface area contributed by atoms with Gasteiger partial charge in [-0.2, -0.15) is 0 Å². The molecule has 2 aliphatic rings. The minimum Gasteiger partial charge on any atom is -0.464 e. The number of allylic oxidation sites excluding steroid dienone is 4. The molecule has 4 heteroatoms. The van der Waals surface area contributed by atoms with Gasteiger partial charge in [0.1, 0.15) is 13.2 Å². The maximum Gasteiger partial charge on any atom is 0.306 e. The van der Waals surface area contributed by atoms with Crippen molar-refractivity contribution in [2.75, 3.05) is 13.2 Å². The molecule has 0 heterocycles. The van der Waals surface area contributed by atoms with Gasteiger partial charge >= 0.3 is 11.9 Å². The Labute approximate surface area is 182 Å². The smallest absolute Gasteiger partial charge is 0.306 e. The zero-order chi connectivity index (χ0) is 23.0. The van der Waals surface area contributed by atoms with Crippen molar-refractivity contribution < 1.29 is 19.1 Å². The van der Waals surface area contributed by atoms with Crippen LogP contribution in [0.15, 0.2) is 44.6 Å². The Balaban J connectivity index is 1.85. The predicted molar refractivity (Wildman–Crippen MR) is 121 cm³/mol. The molecule has 0 aromatic rings. The third-order valence-corrected chi connectivity index (χ3v) is 8.26. The van der Waals surface area contributed by atoms with E-state index >= 15 is 0 Å². The maximum atomic E-state index is 12.3. The van der Waals surface area contributed by atoms with E-state index in [-0.39, 0.29) is 35.6 Å². The maximum absolute atomic E-state index is 12.3. The van der Waals surface area contributed by atoms with E-state index in [0.29, 0.717) is 13.2 Å². The number of hydrogen-bond acceptors (Lipinski definition) is 4. The van der Waals surface area contributed by atoms with E-state index in [9.17, 15) is 9.59 Å². The molecule has 30 heavy (non-hydrogen) atoms. The molecule has 0 bridgehead atoms. The number of rotatable bonds is 7. The highest BCUT2D eigenvalue weighted by molar-refractivity contribution is 5.77. The summed E-state index contributed by atoms with van der Waals surface area (Å²) in [6.07, 6.45) is 0.0770. The standard InChI is InChI=1S/C26H38O4/c1-15-16(2)20(6)25(9,19(15)5)13-29-23(27)11-12-24(28)30-14-26(10)21(7)17(3)18(4)22(26)8/h11-14H2,1-10H3. The van der Waals surface area contributed by atoms with Gasteiger partial charge in [-0.25, -0.2) is 0 Å². The average molecular weight is 415 g/mol. The molecule has 0 amide bonds. The number of esters is 2. The second-order valence-corrected chi connectivity index (χ2v) is 9.49. The molecular formula is C26H38O4. The lowest BCUT2D eigenvalue weighted by atomic mass is 9.80. The van der Waals surface area contributed by atoms with Crippen LogP contribution in [0.5, 0.6) is 0 Å². The van der Waals surface area contributed by atoms with Crippen molar-refractivity contribution in [3.05, 3.63) is 44.6 Å². The van der Waals surface area contributed by atoms with Gasteiger partial charge in [0.15, 0.2) is 0 Å². The van der Waals surface area contributed by atoms with Crippen LogP contribution in [0.1, 0.15) is 82.1 Å². The van der Waals surface area contributed by atoms with Crippen LogP contribution < -0.4 is 0 Å². The van der Waals surface area contributed by atoms with Crippen LogP contribution in [0.2, 0.25) is 0 Å². The summed E-state index contributed by atoms with van der Waals surface area (Å²) in [5.41, 5.74) is 9.54. The second kappa shape index (κ2) is 8.56. The fourth-order valence-corrected chi connectivity index (χ4v) is 4.57. The van der Waals surface area contributed by atoms with E-state index in [0.717, 1.165) is 0 Å². The Kier molecular flexibility index (Phi) is 6.90. The summed E-state index contributed by atoms with van der Waals surface area (Å²) in [4.78, 5) is 24.5. The van der Waals surface area contributed by atoms with E-state index in [1.807, 2.05) is 0 Å². The Morgan fingerprint density at radius 2 is 0.800 bits per heavy atom. The number of carbonyl (C=O) groups excluding carboxylic acids is 2. The molecule has 0 saturated heterocycles. The Bertz CT molecular complexity index is 770. The van der Waals surface area contributed by atoms with Crippen molar-refractivity contribution in [2.45, 2.75) is 82.1 Å². The SMILES string of the molecule is CC1=C(C)C(C)(COC(=O)CCC(=O)OCC2(C)C(C)=C(C)C(C)=C2C)C(C)=C1C. The van der Waals surface area contributed by atoms with E-state index < -0.39 is 0 Å². The molecular weight excluding hydrogens is 376 g/mol. The molecule has 2 rings (SSSR count). The molecule has 0 aromatic heterocycles. The Hall–Kier alpha value is -2.10. The molecule has 0 aromatic carbocycles. The lowest BCUT2D eigenvalue weighted by Crippen LogP contribution is -2.27. The summed E-state index contributed by atoms with van der Waals surface area (Å²) in [5, 5.41) is 0. The van der Waals surface area contributed by atoms with Gasteiger partial charge in [0, 0.05) is 10.8 Å². The van der Waals surface area contributed by atoms with Gasteiger partial charge < -0.3 is 9.47 Å². The van der Waals surface area contributed by atoms with Crippen molar-refractivity contribution in [1.82, 2.24) is 0 Å². The van der Waals surface area contributed by atoms with Gasteiger partial charge in [-0.3, -0.25) is 9.59 Å². The topological polar surface area (TPSA) is 52.6 Å². The average Bonchev–Trinajstić information content (AvgIpc) is 2.96. The van der Waals surface area contributed by atoms with Gasteiger partial charge in [0.05, 0.1) is 12.8 Å². The monoisotopic (exact) mass is 414 g/mol. The van der Waals surface area contributed by atoms with Crippen LogP contribution in [0.4, 0.5) is 0 Å². The van der Waals surface area contributed by atoms with Gasteiger partial charge in [-0.1, -0.05) is 22.3 Å².